The highest BCUT2D eigenvalue weighted by atomic mass is 79.9. The maximum absolute atomic E-state index is 12.5. The molecule has 0 aromatic heterocycles. The quantitative estimate of drug-likeness (QED) is 0.777. The van der Waals surface area contributed by atoms with E-state index in [0.29, 0.717) is 15.6 Å². The molecule has 0 saturated carbocycles. The number of aryl methyl sites for hydroxylation is 3. The fourth-order valence-electron chi connectivity index (χ4n) is 2.23. The van der Waals surface area contributed by atoms with Gasteiger partial charge in [-0.15, -0.1) is 0 Å². The molecule has 2 rings (SSSR count). The molecule has 0 saturated heterocycles. The van der Waals surface area contributed by atoms with Gasteiger partial charge in [-0.3, -0.25) is 0 Å². The van der Waals surface area contributed by atoms with Crippen molar-refractivity contribution in [2.45, 2.75) is 25.7 Å². The molecule has 0 aliphatic carbocycles. The first-order chi connectivity index (χ1) is 9.31. The van der Waals surface area contributed by atoms with Gasteiger partial charge in [0.25, 0.3) is 0 Å². The highest BCUT2D eigenvalue weighted by Crippen LogP contribution is 2.29. The molecule has 20 heavy (non-hydrogen) atoms. The summed E-state index contributed by atoms with van der Waals surface area (Å²) >= 11 is 3.28. The van der Waals surface area contributed by atoms with Crippen LogP contribution in [0.5, 0.6) is 5.75 Å². The SMILES string of the molecule is Cc1cc(C)c(S(=O)(=O)Oc2ccccc2Br)c(C)c1. The van der Waals surface area contributed by atoms with E-state index in [1.165, 1.54) is 0 Å². The molecule has 0 atom stereocenters. The van der Waals surface area contributed by atoms with Crippen LogP contribution >= 0.6 is 15.9 Å². The third kappa shape index (κ3) is 3.04. The fourth-order valence-corrected chi connectivity index (χ4v) is 4.08. The molecule has 3 nitrogen and oxygen atoms in total. The normalized spacial score (nSPS) is 11.4. The molecule has 2 aromatic rings. The zero-order chi connectivity index (χ0) is 14.9. The van der Waals surface area contributed by atoms with Crippen LogP contribution in [0.25, 0.3) is 0 Å². The molecule has 0 heterocycles. The minimum Gasteiger partial charge on any atom is -0.378 e. The van der Waals surface area contributed by atoms with E-state index in [4.69, 9.17) is 4.18 Å². The molecule has 2 aromatic carbocycles. The Bertz CT molecular complexity index is 728. The van der Waals surface area contributed by atoms with E-state index in [0.717, 1.165) is 5.56 Å². The van der Waals surface area contributed by atoms with E-state index < -0.39 is 10.1 Å². The van der Waals surface area contributed by atoms with Crippen LogP contribution in [0, 0.1) is 20.8 Å². The Labute approximate surface area is 127 Å². The molecule has 5 heteroatoms. The first kappa shape index (κ1) is 15.1. The first-order valence-corrected chi connectivity index (χ1v) is 8.28. The summed E-state index contributed by atoms with van der Waals surface area (Å²) in [5.74, 6) is 0.284. The van der Waals surface area contributed by atoms with E-state index in [9.17, 15) is 8.42 Å². The zero-order valence-electron chi connectivity index (χ0n) is 11.5. The number of rotatable bonds is 3. The molecule has 0 unspecified atom stereocenters. The summed E-state index contributed by atoms with van der Waals surface area (Å²) in [5.41, 5.74) is 2.41. The van der Waals surface area contributed by atoms with Crippen molar-refractivity contribution in [3.63, 3.8) is 0 Å². The van der Waals surface area contributed by atoms with Crippen molar-refractivity contribution in [3.05, 3.63) is 57.6 Å². The van der Waals surface area contributed by atoms with Gasteiger partial charge in [0.2, 0.25) is 0 Å². The largest absolute Gasteiger partial charge is 0.378 e. The number of hydrogen-bond donors (Lipinski definition) is 0. The lowest BCUT2D eigenvalue weighted by molar-refractivity contribution is 0.483. The average Bonchev–Trinajstić information content (AvgIpc) is 2.30. The summed E-state index contributed by atoms with van der Waals surface area (Å²) in [5, 5.41) is 0. The minimum atomic E-state index is -3.84. The van der Waals surface area contributed by atoms with Gasteiger partial charge in [0.15, 0.2) is 5.75 Å². The smallest absolute Gasteiger partial charge is 0.339 e. The van der Waals surface area contributed by atoms with Gasteiger partial charge in [0.05, 0.1) is 4.47 Å². The number of halogens is 1. The molecule has 0 amide bonds. The number of para-hydroxylation sites is 1. The molecule has 0 spiro atoms. The zero-order valence-corrected chi connectivity index (χ0v) is 13.9. The second-order valence-electron chi connectivity index (χ2n) is 4.70. The summed E-state index contributed by atoms with van der Waals surface area (Å²) in [7, 11) is -3.84. The van der Waals surface area contributed by atoms with Gasteiger partial charge >= 0.3 is 10.1 Å². The maximum Gasteiger partial charge on any atom is 0.339 e. The van der Waals surface area contributed by atoms with Gasteiger partial charge in [-0.2, -0.15) is 8.42 Å². The van der Waals surface area contributed by atoms with E-state index in [-0.39, 0.29) is 10.6 Å². The summed E-state index contributed by atoms with van der Waals surface area (Å²) in [6.45, 7) is 5.48. The van der Waals surface area contributed by atoms with Crippen molar-refractivity contribution in [2.24, 2.45) is 0 Å². The molecule has 0 radical (unpaired) electrons. The molecule has 0 fully saturated rings. The molecular formula is C15H15BrO3S. The Balaban J connectivity index is 2.50. The van der Waals surface area contributed by atoms with Crippen LogP contribution in [0.15, 0.2) is 45.8 Å². The van der Waals surface area contributed by atoms with E-state index >= 15 is 0 Å². The minimum absolute atomic E-state index is 0.235. The second kappa shape index (κ2) is 5.58. The summed E-state index contributed by atoms with van der Waals surface area (Å²) < 4.78 is 30.8. The van der Waals surface area contributed by atoms with E-state index in [1.807, 2.05) is 19.1 Å². The van der Waals surface area contributed by atoms with Crippen LogP contribution in [0.4, 0.5) is 0 Å². The van der Waals surface area contributed by atoms with Gasteiger partial charge in [0.1, 0.15) is 4.90 Å². The highest BCUT2D eigenvalue weighted by molar-refractivity contribution is 9.10. The van der Waals surface area contributed by atoms with Gasteiger partial charge in [-0.05, 0) is 60.0 Å². The average molecular weight is 355 g/mol. The number of benzene rings is 2. The lowest BCUT2D eigenvalue weighted by atomic mass is 10.1. The molecular weight excluding hydrogens is 340 g/mol. The molecule has 0 aliphatic heterocycles. The van der Waals surface area contributed by atoms with E-state index in [2.05, 4.69) is 15.9 Å². The Kier molecular flexibility index (Phi) is 4.20. The Morgan fingerprint density at radius 3 is 2.10 bits per heavy atom. The predicted octanol–water partition coefficient (Wildman–Crippen LogP) is 4.14. The molecule has 106 valence electrons. The first-order valence-electron chi connectivity index (χ1n) is 6.08. The fraction of sp³-hybridized carbons (Fsp3) is 0.200. The predicted molar refractivity (Wildman–Crippen MR) is 82.6 cm³/mol. The standard InChI is InChI=1S/C15H15BrO3S/c1-10-8-11(2)15(12(3)9-10)20(17,18)19-14-7-5-4-6-13(14)16/h4-9H,1-3H3. The Morgan fingerprint density at radius 1 is 1.00 bits per heavy atom. The van der Waals surface area contributed by atoms with Gasteiger partial charge < -0.3 is 4.18 Å². The third-order valence-electron chi connectivity index (χ3n) is 2.89. The monoisotopic (exact) mass is 354 g/mol. The summed E-state index contributed by atoms with van der Waals surface area (Å²) in [6.07, 6.45) is 0. The van der Waals surface area contributed by atoms with Crippen molar-refractivity contribution < 1.29 is 12.6 Å². The van der Waals surface area contributed by atoms with Crippen LogP contribution in [-0.2, 0) is 10.1 Å². The maximum atomic E-state index is 12.5. The summed E-state index contributed by atoms with van der Waals surface area (Å²) in [4.78, 5) is 0.235. The van der Waals surface area contributed by atoms with Crippen molar-refractivity contribution in [1.82, 2.24) is 0 Å². The van der Waals surface area contributed by atoms with Crippen LogP contribution in [0.2, 0.25) is 0 Å². The Morgan fingerprint density at radius 2 is 1.55 bits per heavy atom. The molecule has 0 aliphatic rings. The van der Waals surface area contributed by atoms with E-state index in [1.54, 1.807) is 38.1 Å². The Hall–Kier alpha value is -1.33. The second-order valence-corrected chi connectivity index (χ2v) is 7.03. The lowest BCUT2D eigenvalue weighted by Gasteiger charge is -2.13. The molecule has 0 bridgehead atoms. The number of hydrogen-bond acceptors (Lipinski definition) is 3. The highest BCUT2D eigenvalue weighted by Gasteiger charge is 2.22. The summed E-state index contributed by atoms with van der Waals surface area (Å²) in [6, 6.07) is 10.5. The van der Waals surface area contributed by atoms with Crippen LogP contribution in [0.3, 0.4) is 0 Å². The van der Waals surface area contributed by atoms with Gasteiger partial charge in [-0.1, -0.05) is 29.8 Å². The van der Waals surface area contributed by atoms with Gasteiger partial charge in [-0.25, -0.2) is 0 Å². The third-order valence-corrected chi connectivity index (χ3v) is 5.09. The van der Waals surface area contributed by atoms with Crippen molar-refractivity contribution in [3.8, 4) is 5.75 Å². The topological polar surface area (TPSA) is 43.4 Å². The molecule has 0 N–H and O–H groups in total. The van der Waals surface area contributed by atoms with Crippen LogP contribution in [0.1, 0.15) is 16.7 Å². The van der Waals surface area contributed by atoms with Crippen LogP contribution < -0.4 is 4.18 Å². The lowest BCUT2D eigenvalue weighted by Crippen LogP contribution is -2.13. The van der Waals surface area contributed by atoms with Crippen LogP contribution in [-0.4, -0.2) is 8.42 Å². The van der Waals surface area contributed by atoms with Crippen molar-refractivity contribution in [2.75, 3.05) is 0 Å². The van der Waals surface area contributed by atoms with Crippen molar-refractivity contribution in [1.29, 1.82) is 0 Å². The van der Waals surface area contributed by atoms with Gasteiger partial charge in [0, 0.05) is 0 Å². The van der Waals surface area contributed by atoms with Crippen molar-refractivity contribution >= 4 is 26.0 Å².